The van der Waals surface area contributed by atoms with Crippen LogP contribution in [0.4, 0.5) is 0 Å². The van der Waals surface area contributed by atoms with E-state index < -0.39 is 0 Å². The molecule has 2 aliphatic rings. The molecule has 5 nitrogen and oxygen atoms in total. The van der Waals surface area contributed by atoms with Crippen LogP contribution in [0.5, 0.6) is 5.75 Å². The summed E-state index contributed by atoms with van der Waals surface area (Å²) >= 11 is 2.03. The van der Waals surface area contributed by atoms with Crippen molar-refractivity contribution in [2.45, 2.75) is 25.3 Å². The number of halogens is 1. The highest BCUT2D eigenvalue weighted by molar-refractivity contribution is 14.1. The van der Waals surface area contributed by atoms with E-state index in [0.717, 1.165) is 16.4 Å². The standard InChI is InChI=1S/C15H17IN2O3/c16-11-3-1-9(7-13(11)19)15(21)18-6-5-12-10(8-18)2-4-14(20)17-12/h1,3,7,10,12,19H,2,4-6,8H2,(H,17,20). The summed E-state index contributed by atoms with van der Waals surface area (Å²) in [4.78, 5) is 25.8. The van der Waals surface area contributed by atoms with Gasteiger partial charge in [-0.3, -0.25) is 9.59 Å². The first kappa shape index (κ1) is 14.6. The van der Waals surface area contributed by atoms with Crippen molar-refractivity contribution in [3.05, 3.63) is 27.3 Å². The molecule has 0 saturated carbocycles. The van der Waals surface area contributed by atoms with E-state index in [4.69, 9.17) is 0 Å². The molecule has 2 unspecified atom stereocenters. The topological polar surface area (TPSA) is 69.6 Å². The summed E-state index contributed by atoms with van der Waals surface area (Å²) in [7, 11) is 0. The number of phenols is 1. The van der Waals surface area contributed by atoms with Gasteiger partial charge in [-0.25, -0.2) is 0 Å². The van der Waals surface area contributed by atoms with Gasteiger partial charge in [-0.15, -0.1) is 0 Å². The van der Waals surface area contributed by atoms with E-state index in [1.807, 2.05) is 27.5 Å². The number of nitrogens with one attached hydrogen (secondary N) is 1. The minimum absolute atomic E-state index is 0.0444. The van der Waals surface area contributed by atoms with Gasteiger partial charge in [0.05, 0.1) is 3.57 Å². The van der Waals surface area contributed by atoms with Crippen LogP contribution in [-0.2, 0) is 4.79 Å². The van der Waals surface area contributed by atoms with Gasteiger partial charge in [0.25, 0.3) is 5.91 Å². The number of carbonyl (C=O) groups is 2. The van der Waals surface area contributed by atoms with E-state index in [1.165, 1.54) is 6.07 Å². The number of likely N-dealkylation sites (tertiary alicyclic amines) is 1. The molecule has 6 heteroatoms. The number of aromatic hydroxyl groups is 1. The van der Waals surface area contributed by atoms with Gasteiger partial charge in [-0.2, -0.15) is 0 Å². The molecule has 2 amide bonds. The van der Waals surface area contributed by atoms with Gasteiger partial charge >= 0.3 is 0 Å². The molecule has 2 saturated heterocycles. The van der Waals surface area contributed by atoms with Crippen molar-refractivity contribution in [2.75, 3.05) is 13.1 Å². The van der Waals surface area contributed by atoms with Crippen LogP contribution in [0.2, 0.25) is 0 Å². The van der Waals surface area contributed by atoms with Crippen LogP contribution >= 0.6 is 22.6 Å². The van der Waals surface area contributed by atoms with Crippen molar-refractivity contribution < 1.29 is 14.7 Å². The smallest absolute Gasteiger partial charge is 0.254 e. The highest BCUT2D eigenvalue weighted by Gasteiger charge is 2.35. The second-order valence-corrected chi connectivity index (χ2v) is 6.84. The molecule has 112 valence electrons. The summed E-state index contributed by atoms with van der Waals surface area (Å²) in [6.07, 6.45) is 2.20. The van der Waals surface area contributed by atoms with Crippen LogP contribution < -0.4 is 5.32 Å². The summed E-state index contributed by atoms with van der Waals surface area (Å²) in [5, 5.41) is 12.8. The second-order valence-electron chi connectivity index (χ2n) is 5.68. The summed E-state index contributed by atoms with van der Waals surface area (Å²) in [6.45, 7) is 1.32. The number of piperidine rings is 2. The van der Waals surface area contributed by atoms with E-state index in [-0.39, 0.29) is 23.6 Å². The third-order valence-electron chi connectivity index (χ3n) is 4.30. The zero-order valence-electron chi connectivity index (χ0n) is 11.5. The summed E-state index contributed by atoms with van der Waals surface area (Å²) in [6, 6.07) is 5.23. The molecular formula is C15H17IN2O3. The molecule has 2 atom stereocenters. The number of rotatable bonds is 1. The Morgan fingerprint density at radius 2 is 2.19 bits per heavy atom. The number of fused-ring (bicyclic) bond motifs is 1. The molecule has 0 aromatic heterocycles. The van der Waals surface area contributed by atoms with Crippen LogP contribution in [0, 0.1) is 9.49 Å². The molecule has 0 spiro atoms. The maximum absolute atomic E-state index is 12.5. The Hall–Kier alpha value is -1.31. The second kappa shape index (κ2) is 5.82. The number of phenolic OH excluding ortho intramolecular Hbond substituents is 1. The molecule has 2 heterocycles. The first-order valence-electron chi connectivity index (χ1n) is 7.12. The normalized spacial score (nSPS) is 25.2. The van der Waals surface area contributed by atoms with Crippen LogP contribution in [0.25, 0.3) is 0 Å². The molecule has 1 aromatic carbocycles. The van der Waals surface area contributed by atoms with Gasteiger partial charge in [0.15, 0.2) is 0 Å². The fourth-order valence-corrected chi connectivity index (χ4v) is 3.46. The molecule has 2 fully saturated rings. The Balaban J connectivity index is 1.71. The number of carbonyl (C=O) groups excluding carboxylic acids is 2. The van der Waals surface area contributed by atoms with Crippen molar-refractivity contribution in [2.24, 2.45) is 5.92 Å². The van der Waals surface area contributed by atoms with Gasteiger partial charge in [-0.05, 0) is 59.5 Å². The predicted octanol–water partition coefficient (Wildman–Crippen LogP) is 1.74. The quantitative estimate of drug-likeness (QED) is 0.706. The summed E-state index contributed by atoms with van der Waals surface area (Å²) in [5.41, 5.74) is 0.520. The number of amides is 2. The molecule has 2 aliphatic heterocycles. The fraction of sp³-hybridized carbons (Fsp3) is 0.467. The lowest BCUT2D eigenvalue weighted by Gasteiger charge is -2.41. The molecular weight excluding hydrogens is 383 g/mol. The van der Waals surface area contributed by atoms with Crippen molar-refractivity contribution >= 4 is 34.4 Å². The Morgan fingerprint density at radius 1 is 1.38 bits per heavy atom. The van der Waals surface area contributed by atoms with Crippen molar-refractivity contribution in [3.63, 3.8) is 0 Å². The minimum atomic E-state index is -0.0444. The van der Waals surface area contributed by atoms with E-state index in [2.05, 4.69) is 5.32 Å². The van der Waals surface area contributed by atoms with Gasteiger partial charge in [0, 0.05) is 31.1 Å². The third kappa shape index (κ3) is 3.00. The van der Waals surface area contributed by atoms with E-state index in [0.29, 0.717) is 31.0 Å². The first-order chi connectivity index (χ1) is 10.0. The van der Waals surface area contributed by atoms with Crippen LogP contribution in [-0.4, -0.2) is 41.0 Å². The van der Waals surface area contributed by atoms with Crippen LogP contribution in [0.3, 0.4) is 0 Å². The maximum atomic E-state index is 12.5. The van der Waals surface area contributed by atoms with Gasteiger partial charge < -0.3 is 15.3 Å². The molecule has 21 heavy (non-hydrogen) atoms. The highest BCUT2D eigenvalue weighted by Crippen LogP contribution is 2.27. The zero-order valence-corrected chi connectivity index (χ0v) is 13.7. The molecule has 0 radical (unpaired) electrons. The van der Waals surface area contributed by atoms with Gasteiger partial charge in [0.2, 0.25) is 5.91 Å². The van der Waals surface area contributed by atoms with E-state index >= 15 is 0 Å². The number of benzene rings is 1. The molecule has 0 bridgehead atoms. The lowest BCUT2D eigenvalue weighted by molar-refractivity contribution is -0.125. The minimum Gasteiger partial charge on any atom is -0.507 e. The van der Waals surface area contributed by atoms with Crippen molar-refractivity contribution in [3.8, 4) is 5.75 Å². The van der Waals surface area contributed by atoms with Crippen molar-refractivity contribution in [1.29, 1.82) is 0 Å². The van der Waals surface area contributed by atoms with Gasteiger partial charge in [-0.1, -0.05) is 0 Å². The fourth-order valence-electron chi connectivity index (χ4n) is 3.12. The summed E-state index contributed by atoms with van der Waals surface area (Å²) < 4.78 is 0.734. The zero-order chi connectivity index (χ0) is 15.0. The maximum Gasteiger partial charge on any atom is 0.254 e. The molecule has 3 rings (SSSR count). The van der Waals surface area contributed by atoms with E-state index in [1.54, 1.807) is 12.1 Å². The Labute approximate surface area is 136 Å². The lowest BCUT2D eigenvalue weighted by atomic mass is 9.85. The predicted molar refractivity (Wildman–Crippen MR) is 86.0 cm³/mol. The molecule has 2 N–H and O–H groups in total. The number of nitrogens with zero attached hydrogens (tertiary/aromatic N) is 1. The highest BCUT2D eigenvalue weighted by atomic mass is 127. The van der Waals surface area contributed by atoms with Gasteiger partial charge in [0.1, 0.15) is 5.75 Å². The summed E-state index contributed by atoms with van der Waals surface area (Å²) in [5.74, 6) is 0.565. The first-order valence-corrected chi connectivity index (χ1v) is 8.19. The third-order valence-corrected chi connectivity index (χ3v) is 5.22. The SMILES string of the molecule is O=C1CCC2CN(C(=O)c3ccc(I)c(O)c3)CCC2N1. The number of hydrogen-bond acceptors (Lipinski definition) is 3. The Morgan fingerprint density at radius 3 is 2.95 bits per heavy atom. The monoisotopic (exact) mass is 400 g/mol. The number of hydrogen-bond donors (Lipinski definition) is 2. The largest absolute Gasteiger partial charge is 0.507 e. The molecule has 0 aliphatic carbocycles. The average molecular weight is 400 g/mol. The Bertz CT molecular complexity index is 590. The van der Waals surface area contributed by atoms with Crippen molar-refractivity contribution in [1.82, 2.24) is 10.2 Å². The van der Waals surface area contributed by atoms with E-state index in [9.17, 15) is 14.7 Å². The average Bonchev–Trinajstić information content (AvgIpc) is 2.49. The van der Waals surface area contributed by atoms with Crippen LogP contribution in [0.15, 0.2) is 18.2 Å². The Kier molecular flexibility index (Phi) is 4.05. The molecule has 1 aromatic rings. The lowest BCUT2D eigenvalue weighted by Crippen LogP contribution is -2.55. The van der Waals surface area contributed by atoms with Crippen LogP contribution in [0.1, 0.15) is 29.6 Å².